The van der Waals surface area contributed by atoms with E-state index in [9.17, 15) is 0 Å². The Balaban J connectivity index is 1.16. The Hall–Kier alpha value is -6.06. The molecule has 0 fully saturated rings. The van der Waals surface area contributed by atoms with Crippen molar-refractivity contribution in [1.29, 1.82) is 0 Å². The van der Waals surface area contributed by atoms with Gasteiger partial charge in [0.15, 0.2) is 0 Å². The first kappa shape index (κ1) is 40.1. The average molecular weight is 762 g/mol. The van der Waals surface area contributed by atoms with Crippen LogP contribution in [0.3, 0.4) is 0 Å². The maximum absolute atomic E-state index is 2.40. The quantitative estimate of drug-likeness (QED) is 0.0915. The van der Waals surface area contributed by atoms with Crippen LogP contribution in [0.25, 0.3) is 0 Å². The molecule has 7 aromatic carbocycles. The van der Waals surface area contributed by atoms with Crippen molar-refractivity contribution >= 4 is 28.4 Å². The maximum Gasteiger partial charge on any atom is 0.0461 e. The Kier molecular flexibility index (Phi) is 13.4. The summed E-state index contributed by atoms with van der Waals surface area (Å²) < 4.78 is 0. The van der Waals surface area contributed by atoms with Gasteiger partial charge in [0.1, 0.15) is 0 Å². The van der Waals surface area contributed by atoms with Gasteiger partial charge in [-0.2, -0.15) is 0 Å². The van der Waals surface area contributed by atoms with E-state index in [2.05, 4.69) is 231 Å². The minimum Gasteiger partial charge on any atom is -0.372 e. The van der Waals surface area contributed by atoms with E-state index < -0.39 is 0 Å². The monoisotopic (exact) mass is 761 g/mol. The van der Waals surface area contributed by atoms with Gasteiger partial charge in [0.05, 0.1) is 0 Å². The fraction of sp³-hybridized carbons (Fsp3) is 0.236. The van der Waals surface area contributed by atoms with Gasteiger partial charge in [-0.25, -0.2) is 0 Å². The zero-order valence-corrected chi connectivity index (χ0v) is 35.1. The minimum absolute atomic E-state index is 0.263. The summed E-state index contributed by atoms with van der Waals surface area (Å²) in [6, 6.07) is 67.7. The van der Waals surface area contributed by atoms with Gasteiger partial charge in [0.25, 0.3) is 0 Å². The second-order valence-corrected chi connectivity index (χ2v) is 15.4. The summed E-state index contributed by atoms with van der Waals surface area (Å²) in [5, 5.41) is 0. The second-order valence-electron chi connectivity index (χ2n) is 15.4. The standard InChI is InChI=1S/C55H59N3/c1-6-56(7-2)49-36-26-47(27-37-49)54(45-16-12-10-13-17-45)40-43-22-32-52(33-23-43)58(51-30-20-42(5)21-31-51)53-34-24-44(25-35-53)41-55(46-18-14-11-15-19-46)48-28-38-50(39-29-48)57(8-3)9-4/h10-39,54-55H,6-9,40-41H2,1-5H3. The number of nitrogens with zero attached hydrogens (tertiary/aromatic N) is 3. The van der Waals surface area contributed by atoms with Gasteiger partial charge in [-0.15, -0.1) is 0 Å². The van der Waals surface area contributed by atoms with Crippen molar-refractivity contribution in [2.24, 2.45) is 0 Å². The SMILES string of the molecule is CCN(CC)c1ccc(C(Cc2ccc(N(c3ccc(C)cc3)c3ccc(CC(c4ccccc4)c4ccc(N(CC)CC)cc4)cc3)cc2)c2ccccc2)cc1. The Morgan fingerprint density at radius 2 is 0.621 bits per heavy atom. The highest BCUT2D eigenvalue weighted by Gasteiger charge is 2.19. The topological polar surface area (TPSA) is 9.72 Å². The van der Waals surface area contributed by atoms with Crippen molar-refractivity contribution in [3.05, 3.63) is 221 Å². The molecule has 0 heterocycles. The molecule has 0 radical (unpaired) electrons. The molecule has 0 aliphatic carbocycles. The van der Waals surface area contributed by atoms with E-state index >= 15 is 0 Å². The lowest BCUT2D eigenvalue weighted by atomic mass is 9.85. The molecule has 3 nitrogen and oxygen atoms in total. The smallest absolute Gasteiger partial charge is 0.0461 e. The molecule has 2 unspecified atom stereocenters. The number of hydrogen-bond donors (Lipinski definition) is 0. The number of anilines is 5. The Labute approximate surface area is 348 Å². The molecule has 0 aromatic heterocycles. The van der Waals surface area contributed by atoms with Gasteiger partial charge >= 0.3 is 0 Å². The summed E-state index contributed by atoms with van der Waals surface area (Å²) in [7, 11) is 0. The minimum atomic E-state index is 0.263. The molecule has 0 aliphatic rings. The molecule has 7 rings (SSSR count). The van der Waals surface area contributed by atoms with Gasteiger partial charge in [-0.1, -0.05) is 127 Å². The van der Waals surface area contributed by atoms with Crippen LogP contribution in [-0.2, 0) is 12.8 Å². The highest BCUT2D eigenvalue weighted by atomic mass is 15.1. The predicted octanol–water partition coefficient (Wildman–Crippen LogP) is 13.9. The van der Waals surface area contributed by atoms with Gasteiger partial charge in [-0.3, -0.25) is 0 Å². The lowest BCUT2D eigenvalue weighted by molar-refractivity contribution is 0.803. The Morgan fingerprint density at radius 1 is 0.328 bits per heavy atom. The highest BCUT2D eigenvalue weighted by Crippen LogP contribution is 2.37. The van der Waals surface area contributed by atoms with Crippen molar-refractivity contribution in [2.75, 3.05) is 40.9 Å². The van der Waals surface area contributed by atoms with E-state index in [1.165, 1.54) is 50.3 Å². The first-order valence-corrected chi connectivity index (χ1v) is 21.3. The van der Waals surface area contributed by atoms with Crippen molar-refractivity contribution in [3.63, 3.8) is 0 Å². The van der Waals surface area contributed by atoms with Crippen molar-refractivity contribution in [2.45, 2.75) is 59.3 Å². The average Bonchev–Trinajstić information content (AvgIpc) is 3.28. The highest BCUT2D eigenvalue weighted by molar-refractivity contribution is 5.76. The summed E-state index contributed by atoms with van der Waals surface area (Å²) in [5.74, 6) is 0.525. The molecule has 58 heavy (non-hydrogen) atoms. The molecule has 0 saturated heterocycles. The first-order chi connectivity index (χ1) is 28.5. The number of hydrogen-bond acceptors (Lipinski definition) is 3. The molecule has 0 N–H and O–H groups in total. The fourth-order valence-corrected chi connectivity index (χ4v) is 8.41. The van der Waals surface area contributed by atoms with Crippen LogP contribution >= 0.6 is 0 Å². The molecule has 0 spiro atoms. The van der Waals surface area contributed by atoms with Crippen molar-refractivity contribution in [3.8, 4) is 0 Å². The zero-order valence-electron chi connectivity index (χ0n) is 35.1. The largest absolute Gasteiger partial charge is 0.372 e. The molecule has 0 aliphatic heterocycles. The molecule has 294 valence electrons. The normalized spacial score (nSPS) is 12.2. The van der Waals surface area contributed by atoms with E-state index in [1.807, 2.05) is 0 Å². The lowest BCUT2D eigenvalue weighted by Crippen LogP contribution is -2.21. The third kappa shape index (κ3) is 9.55. The van der Waals surface area contributed by atoms with Crippen molar-refractivity contribution < 1.29 is 0 Å². The molecule has 0 amide bonds. The van der Waals surface area contributed by atoms with Crippen LogP contribution in [0.15, 0.2) is 182 Å². The second kappa shape index (κ2) is 19.4. The summed E-state index contributed by atoms with van der Waals surface area (Å²) in [6.07, 6.45) is 1.85. The van der Waals surface area contributed by atoms with E-state index in [0.717, 1.165) is 56.1 Å². The summed E-state index contributed by atoms with van der Waals surface area (Å²) in [5.41, 5.74) is 15.3. The van der Waals surface area contributed by atoms with Crippen LogP contribution in [0, 0.1) is 6.92 Å². The van der Waals surface area contributed by atoms with Crippen molar-refractivity contribution in [1.82, 2.24) is 0 Å². The van der Waals surface area contributed by atoms with Crippen LogP contribution in [0.1, 0.15) is 78.5 Å². The molecular weight excluding hydrogens is 703 g/mol. The lowest BCUT2D eigenvalue weighted by Gasteiger charge is -2.27. The van der Waals surface area contributed by atoms with Crippen LogP contribution in [-0.4, -0.2) is 26.2 Å². The summed E-state index contributed by atoms with van der Waals surface area (Å²) in [6.45, 7) is 15.1. The molecule has 3 heteroatoms. The van der Waals surface area contributed by atoms with E-state index in [1.54, 1.807) is 0 Å². The molecule has 0 bridgehead atoms. The maximum atomic E-state index is 2.40. The van der Waals surface area contributed by atoms with Crippen LogP contribution in [0.5, 0.6) is 0 Å². The third-order valence-corrected chi connectivity index (χ3v) is 11.8. The number of aryl methyl sites for hydroxylation is 1. The summed E-state index contributed by atoms with van der Waals surface area (Å²) >= 11 is 0. The Morgan fingerprint density at radius 3 is 0.948 bits per heavy atom. The molecule has 0 saturated carbocycles. The van der Waals surface area contributed by atoms with E-state index in [0.29, 0.717) is 0 Å². The Bertz CT molecular complexity index is 2110. The summed E-state index contributed by atoms with van der Waals surface area (Å²) in [4.78, 5) is 7.19. The predicted molar refractivity (Wildman–Crippen MR) is 250 cm³/mol. The van der Waals surface area contributed by atoms with Crippen LogP contribution < -0.4 is 14.7 Å². The zero-order chi connectivity index (χ0) is 40.3. The van der Waals surface area contributed by atoms with Gasteiger partial charge in [-0.05, 0) is 142 Å². The van der Waals surface area contributed by atoms with Crippen LogP contribution in [0.2, 0.25) is 0 Å². The first-order valence-electron chi connectivity index (χ1n) is 21.3. The van der Waals surface area contributed by atoms with E-state index in [-0.39, 0.29) is 11.8 Å². The van der Waals surface area contributed by atoms with E-state index in [4.69, 9.17) is 0 Å². The van der Waals surface area contributed by atoms with Crippen LogP contribution in [0.4, 0.5) is 28.4 Å². The van der Waals surface area contributed by atoms with Gasteiger partial charge in [0.2, 0.25) is 0 Å². The third-order valence-electron chi connectivity index (χ3n) is 11.8. The number of rotatable bonds is 17. The number of benzene rings is 7. The molecule has 2 atom stereocenters. The molecule has 7 aromatic rings. The molecular formula is C55H59N3. The van der Waals surface area contributed by atoms with Gasteiger partial charge < -0.3 is 14.7 Å². The van der Waals surface area contributed by atoms with Gasteiger partial charge in [0, 0.05) is 66.5 Å². The fourth-order valence-electron chi connectivity index (χ4n) is 8.41.